The first-order valence-electron chi connectivity index (χ1n) is 5.55. The van der Waals surface area contributed by atoms with E-state index in [0.717, 1.165) is 34.4 Å². The van der Waals surface area contributed by atoms with Gasteiger partial charge in [0.1, 0.15) is 0 Å². The van der Waals surface area contributed by atoms with Gasteiger partial charge in [0.25, 0.3) is 5.56 Å². The summed E-state index contributed by atoms with van der Waals surface area (Å²) < 4.78 is 2.58. The normalized spacial score (nSPS) is 14.6. The number of H-pyrrole nitrogens is 1. The van der Waals surface area contributed by atoms with E-state index < -0.39 is 0 Å². The molecule has 0 atom stereocenters. The third-order valence-corrected chi connectivity index (χ3v) is 3.49. The summed E-state index contributed by atoms with van der Waals surface area (Å²) in [6, 6.07) is 7.71. The van der Waals surface area contributed by atoms with Gasteiger partial charge in [-0.25, -0.2) is 4.68 Å². The highest BCUT2D eigenvalue weighted by Gasteiger charge is 2.17. The van der Waals surface area contributed by atoms with E-state index in [1.54, 1.807) is 4.68 Å². The summed E-state index contributed by atoms with van der Waals surface area (Å²) in [5.41, 5.74) is 2.81. The molecule has 1 aromatic heterocycles. The van der Waals surface area contributed by atoms with E-state index in [1.165, 1.54) is 0 Å². The molecule has 0 unspecified atom stereocenters. The first-order chi connectivity index (χ1) is 8.25. The van der Waals surface area contributed by atoms with Crippen LogP contribution in [0.2, 0.25) is 0 Å². The van der Waals surface area contributed by atoms with Crippen LogP contribution < -0.4 is 10.9 Å². The molecule has 0 spiro atoms. The van der Waals surface area contributed by atoms with Crippen LogP contribution in [0.15, 0.2) is 33.5 Å². The Balaban J connectivity index is 2.16. The highest BCUT2D eigenvalue weighted by molar-refractivity contribution is 9.10. The minimum atomic E-state index is 0.0466. The van der Waals surface area contributed by atoms with Gasteiger partial charge >= 0.3 is 0 Å². The van der Waals surface area contributed by atoms with E-state index in [2.05, 4.69) is 26.3 Å². The van der Waals surface area contributed by atoms with Crippen molar-refractivity contribution in [3.8, 4) is 5.69 Å². The summed E-state index contributed by atoms with van der Waals surface area (Å²) in [5, 5.41) is 6.40. The van der Waals surface area contributed by atoms with Crippen LogP contribution in [0.1, 0.15) is 11.3 Å². The zero-order valence-corrected chi connectivity index (χ0v) is 10.8. The third kappa shape index (κ3) is 1.85. The predicted octanol–water partition coefficient (Wildman–Crippen LogP) is 1.57. The second kappa shape index (κ2) is 4.16. The van der Waals surface area contributed by atoms with E-state index in [-0.39, 0.29) is 5.56 Å². The van der Waals surface area contributed by atoms with Crippen LogP contribution in [-0.2, 0) is 13.0 Å². The van der Waals surface area contributed by atoms with E-state index in [1.807, 2.05) is 24.3 Å². The summed E-state index contributed by atoms with van der Waals surface area (Å²) in [7, 11) is 0. The van der Waals surface area contributed by atoms with Crippen molar-refractivity contribution < 1.29 is 0 Å². The van der Waals surface area contributed by atoms with Gasteiger partial charge in [-0.15, -0.1) is 0 Å². The van der Waals surface area contributed by atoms with Gasteiger partial charge in [0.05, 0.1) is 11.3 Å². The molecule has 5 heteroatoms. The first kappa shape index (κ1) is 10.8. The average Bonchev–Trinajstić information content (AvgIpc) is 2.68. The lowest BCUT2D eigenvalue weighted by atomic mass is 10.1. The van der Waals surface area contributed by atoms with Gasteiger partial charge < -0.3 is 5.32 Å². The van der Waals surface area contributed by atoms with Crippen LogP contribution in [0.5, 0.6) is 0 Å². The van der Waals surface area contributed by atoms with Crippen LogP contribution in [0, 0.1) is 0 Å². The third-order valence-electron chi connectivity index (χ3n) is 2.99. The van der Waals surface area contributed by atoms with Gasteiger partial charge in [0.15, 0.2) is 0 Å². The van der Waals surface area contributed by atoms with Crippen molar-refractivity contribution in [2.24, 2.45) is 0 Å². The highest BCUT2D eigenvalue weighted by Crippen LogP contribution is 2.15. The Morgan fingerprint density at radius 2 is 2.24 bits per heavy atom. The second-order valence-electron chi connectivity index (χ2n) is 4.12. The lowest BCUT2D eigenvalue weighted by molar-refractivity contribution is 0.634. The molecule has 0 bridgehead atoms. The molecule has 2 aromatic rings. The van der Waals surface area contributed by atoms with E-state index in [0.29, 0.717) is 6.54 Å². The van der Waals surface area contributed by atoms with Crippen LogP contribution in [0.25, 0.3) is 5.69 Å². The minimum Gasteiger partial charge on any atom is -0.312 e. The predicted molar refractivity (Wildman–Crippen MR) is 69.5 cm³/mol. The van der Waals surface area contributed by atoms with Gasteiger partial charge in [-0.2, -0.15) is 0 Å². The first-order valence-corrected chi connectivity index (χ1v) is 6.34. The topological polar surface area (TPSA) is 49.8 Å². The number of benzene rings is 1. The average molecular weight is 294 g/mol. The SMILES string of the molecule is O=c1c2c([nH]n1-c1cccc(Br)c1)CCNC2. The van der Waals surface area contributed by atoms with Gasteiger partial charge in [0.2, 0.25) is 0 Å². The zero-order valence-electron chi connectivity index (χ0n) is 9.16. The molecular formula is C12H12BrN3O. The van der Waals surface area contributed by atoms with Crippen molar-refractivity contribution in [3.05, 3.63) is 50.3 Å². The number of halogens is 1. The molecule has 4 nitrogen and oxygen atoms in total. The van der Waals surface area contributed by atoms with E-state index in [4.69, 9.17) is 0 Å². The molecule has 2 heterocycles. The molecule has 1 aromatic carbocycles. The number of fused-ring (bicyclic) bond motifs is 1. The van der Waals surface area contributed by atoms with Gasteiger partial charge in [-0.3, -0.25) is 9.89 Å². The number of aromatic nitrogens is 2. The van der Waals surface area contributed by atoms with Crippen LogP contribution >= 0.6 is 15.9 Å². The van der Waals surface area contributed by atoms with E-state index >= 15 is 0 Å². The Bertz CT molecular complexity index is 614. The molecule has 0 saturated heterocycles. The number of rotatable bonds is 1. The lowest BCUT2D eigenvalue weighted by Gasteiger charge is -2.09. The van der Waals surface area contributed by atoms with Gasteiger partial charge in [-0.05, 0) is 18.2 Å². The molecular weight excluding hydrogens is 282 g/mol. The lowest BCUT2D eigenvalue weighted by Crippen LogP contribution is -2.27. The molecule has 0 saturated carbocycles. The molecule has 17 heavy (non-hydrogen) atoms. The molecule has 1 aliphatic rings. The summed E-state index contributed by atoms with van der Waals surface area (Å²) in [6.07, 6.45) is 0.881. The second-order valence-corrected chi connectivity index (χ2v) is 5.03. The quantitative estimate of drug-likeness (QED) is 0.839. The Kier molecular flexibility index (Phi) is 2.64. The Labute approximate surface area is 107 Å². The van der Waals surface area contributed by atoms with Crippen LogP contribution in [0.4, 0.5) is 0 Å². The molecule has 88 valence electrons. The molecule has 0 amide bonds. The number of nitrogens with one attached hydrogen (secondary N) is 2. The van der Waals surface area contributed by atoms with Crippen molar-refractivity contribution in [2.45, 2.75) is 13.0 Å². The van der Waals surface area contributed by atoms with Crippen molar-refractivity contribution >= 4 is 15.9 Å². The Morgan fingerprint density at radius 3 is 3.00 bits per heavy atom. The Hall–Kier alpha value is -1.33. The molecule has 3 rings (SSSR count). The van der Waals surface area contributed by atoms with Crippen LogP contribution in [-0.4, -0.2) is 16.3 Å². The fourth-order valence-corrected chi connectivity index (χ4v) is 2.52. The van der Waals surface area contributed by atoms with Gasteiger partial charge in [0, 0.05) is 29.7 Å². The molecule has 0 radical (unpaired) electrons. The summed E-state index contributed by atoms with van der Waals surface area (Å²) in [4.78, 5) is 12.2. The maximum Gasteiger partial charge on any atom is 0.275 e. The smallest absolute Gasteiger partial charge is 0.275 e. The number of nitrogens with zero attached hydrogens (tertiary/aromatic N) is 1. The summed E-state index contributed by atoms with van der Waals surface area (Å²) in [5.74, 6) is 0. The van der Waals surface area contributed by atoms with Crippen LogP contribution in [0.3, 0.4) is 0 Å². The fraction of sp³-hybridized carbons (Fsp3) is 0.250. The summed E-state index contributed by atoms with van der Waals surface area (Å²) >= 11 is 3.41. The fourth-order valence-electron chi connectivity index (χ4n) is 2.13. The van der Waals surface area contributed by atoms with Crippen molar-refractivity contribution in [3.63, 3.8) is 0 Å². The van der Waals surface area contributed by atoms with Gasteiger partial charge in [-0.1, -0.05) is 22.0 Å². The molecule has 0 aliphatic carbocycles. The number of hydrogen-bond donors (Lipinski definition) is 2. The Morgan fingerprint density at radius 1 is 1.35 bits per heavy atom. The minimum absolute atomic E-state index is 0.0466. The van der Waals surface area contributed by atoms with Crippen molar-refractivity contribution in [1.29, 1.82) is 0 Å². The monoisotopic (exact) mass is 293 g/mol. The molecule has 0 fully saturated rings. The number of hydrogen-bond acceptors (Lipinski definition) is 2. The molecule has 1 aliphatic heterocycles. The largest absolute Gasteiger partial charge is 0.312 e. The highest BCUT2D eigenvalue weighted by atomic mass is 79.9. The molecule has 2 N–H and O–H groups in total. The van der Waals surface area contributed by atoms with Crippen molar-refractivity contribution in [1.82, 2.24) is 15.1 Å². The standard InChI is InChI=1S/C12H12BrN3O/c13-8-2-1-3-9(6-8)16-12(17)10-7-14-5-4-11(10)15-16/h1-3,6,14-15H,4-5,7H2. The maximum absolute atomic E-state index is 12.2. The maximum atomic E-state index is 12.2. The van der Waals surface area contributed by atoms with E-state index in [9.17, 15) is 4.79 Å². The summed E-state index contributed by atoms with van der Waals surface area (Å²) in [6.45, 7) is 1.58. The van der Waals surface area contributed by atoms with Crippen molar-refractivity contribution in [2.75, 3.05) is 6.54 Å². The number of aromatic amines is 1. The zero-order chi connectivity index (χ0) is 11.8.